The average molecular weight is 1920 g/mol. The van der Waals surface area contributed by atoms with Crippen LogP contribution in [0, 0.1) is 18.8 Å². The summed E-state index contributed by atoms with van der Waals surface area (Å²) in [6.45, 7) is 2.66. The molecule has 8 aromatic carbocycles. The molecule has 0 N–H and O–H groups in total. The first-order chi connectivity index (χ1) is 69.2. The molecular formula is C117H136N10O15. The molecule has 12 aliphatic rings. The van der Waals surface area contributed by atoms with Crippen LogP contribution in [0.25, 0.3) is 0 Å². The summed E-state index contributed by atoms with van der Waals surface area (Å²) in [4.78, 5) is 213. The van der Waals surface area contributed by atoms with Crippen LogP contribution in [0.5, 0.6) is 0 Å². The topological polar surface area (TPSA) is 288 Å². The highest BCUT2D eigenvalue weighted by molar-refractivity contribution is 6.22. The summed E-state index contributed by atoms with van der Waals surface area (Å²) in [7, 11) is 0. The Labute approximate surface area is 834 Å². The van der Waals surface area contributed by atoms with Crippen molar-refractivity contribution < 1.29 is 71.9 Å². The van der Waals surface area contributed by atoms with E-state index in [1.807, 2.05) is 219 Å². The lowest BCUT2D eigenvalue weighted by atomic mass is 9.87. The average Bonchev–Trinajstić information content (AvgIpc) is 0.766. The summed E-state index contributed by atoms with van der Waals surface area (Å²) in [6, 6.07) is 71.0. The molecule has 7 saturated carbocycles. The second-order valence-electron chi connectivity index (χ2n) is 40.5. The molecule has 12 fully saturated rings. The van der Waals surface area contributed by atoms with E-state index in [2.05, 4.69) is 0 Å². The van der Waals surface area contributed by atoms with E-state index in [1.54, 1.807) is 24.3 Å². The van der Waals surface area contributed by atoms with Crippen LogP contribution in [0.1, 0.15) is 293 Å². The monoisotopic (exact) mass is 1920 g/mol. The van der Waals surface area contributed by atoms with Crippen molar-refractivity contribution in [1.82, 2.24) is 49.0 Å². The van der Waals surface area contributed by atoms with Crippen LogP contribution < -0.4 is 0 Å². The van der Waals surface area contributed by atoms with Gasteiger partial charge in [0.1, 0.15) is 29.6 Å². The van der Waals surface area contributed by atoms with Crippen LogP contribution in [-0.4, -0.2) is 187 Å². The largest absolute Gasteiger partial charge is 0.334 e. The van der Waals surface area contributed by atoms with Crippen molar-refractivity contribution in [2.24, 2.45) is 11.8 Å². The van der Waals surface area contributed by atoms with Gasteiger partial charge in [0.25, 0.3) is 0 Å². The molecule has 5 saturated heterocycles. The summed E-state index contributed by atoms with van der Waals surface area (Å²) in [6.07, 6.45) is 35.4. The van der Waals surface area contributed by atoms with Crippen LogP contribution in [0.2, 0.25) is 0 Å². The molecule has 25 nitrogen and oxygen atoms in total. The van der Waals surface area contributed by atoms with Gasteiger partial charge in [0.05, 0.1) is 13.1 Å². The van der Waals surface area contributed by atoms with Gasteiger partial charge in [-0.1, -0.05) is 377 Å². The highest BCUT2D eigenvalue weighted by Gasteiger charge is 2.56. The quantitative estimate of drug-likeness (QED) is 0.0604. The summed E-state index contributed by atoms with van der Waals surface area (Å²) < 4.78 is 0. The van der Waals surface area contributed by atoms with Gasteiger partial charge in [-0.15, -0.1) is 0 Å². The number of hydrogen-bond donors (Lipinski definition) is 0. The number of nitrogens with zero attached hydrogens (tertiary/aromatic N) is 10. The van der Waals surface area contributed by atoms with Crippen LogP contribution >= 0.6 is 0 Å². The Kier molecular flexibility index (Phi) is 35.1. The fraction of sp³-hybridized carbons (Fsp3) is 0.462. The molecule has 744 valence electrons. The summed E-state index contributed by atoms with van der Waals surface area (Å²) in [5.74, 6) is -7.91. The second-order valence-corrected chi connectivity index (χ2v) is 40.5. The van der Waals surface area contributed by atoms with Crippen molar-refractivity contribution >= 4 is 89.2 Å². The van der Waals surface area contributed by atoms with Gasteiger partial charge in [-0.3, -0.25) is 96.9 Å². The minimum absolute atomic E-state index is 0.0498. The highest BCUT2D eigenvalue weighted by Crippen LogP contribution is 2.42. The molecule has 5 aliphatic heterocycles. The maximum atomic E-state index is 13.4. The Morgan fingerprint density at radius 1 is 0.197 bits per heavy atom. The van der Waals surface area contributed by atoms with Gasteiger partial charge in [-0.25, -0.2) is 24.0 Å². The van der Waals surface area contributed by atoms with Crippen molar-refractivity contribution in [3.05, 3.63) is 287 Å². The van der Waals surface area contributed by atoms with E-state index in [1.165, 1.54) is 49.0 Å². The van der Waals surface area contributed by atoms with Crippen molar-refractivity contribution in [1.29, 1.82) is 0 Å². The molecule has 8 aromatic rings. The lowest BCUT2D eigenvalue weighted by molar-refractivity contribution is -0.154. The van der Waals surface area contributed by atoms with E-state index < -0.39 is 59.5 Å². The Hall–Kier alpha value is -13.2. The predicted octanol–water partition coefficient (Wildman–Crippen LogP) is 21.2. The van der Waals surface area contributed by atoms with E-state index in [-0.39, 0.29) is 121 Å². The Bertz CT molecular complexity index is 5620. The van der Waals surface area contributed by atoms with Crippen molar-refractivity contribution in [3.63, 3.8) is 0 Å². The number of imide groups is 10. The first-order valence-corrected chi connectivity index (χ1v) is 52.5. The fourth-order valence-electron chi connectivity index (χ4n) is 23.2. The number of barbiturate groups is 5. The van der Waals surface area contributed by atoms with E-state index in [0.29, 0.717) is 36.0 Å². The van der Waals surface area contributed by atoms with Crippen molar-refractivity contribution in [3.8, 4) is 0 Å². The fourth-order valence-corrected chi connectivity index (χ4v) is 23.2. The van der Waals surface area contributed by atoms with Gasteiger partial charge in [-0.2, -0.15) is 0 Å². The molecule has 0 radical (unpaired) electrons. The van der Waals surface area contributed by atoms with E-state index in [9.17, 15) is 71.9 Å². The normalized spacial score (nSPS) is 22.0. The van der Waals surface area contributed by atoms with E-state index in [4.69, 9.17) is 0 Å². The number of rotatable bonds is 21. The number of aryl methyl sites for hydroxylation is 1. The highest BCUT2D eigenvalue weighted by atomic mass is 16.2. The Morgan fingerprint density at radius 2 is 0.408 bits per heavy atom. The number of carbonyl (C=O) groups excluding carboxylic acids is 15. The summed E-state index contributed by atoms with van der Waals surface area (Å²) in [5, 5.41) is 0. The third-order valence-electron chi connectivity index (χ3n) is 30.9. The molecule has 3 unspecified atom stereocenters. The van der Waals surface area contributed by atoms with Crippen molar-refractivity contribution in [2.75, 3.05) is 6.54 Å². The molecule has 0 bridgehead atoms. The van der Waals surface area contributed by atoms with Gasteiger partial charge in [0.2, 0.25) is 59.1 Å². The zero-order chi connectivity index (χ0) is 99.1. The van der Waals surface area contributed by atoms with Crippen LogP contribution in [-0.2, 0) is 80.3 Å². The maximum absolute atomic E-state index is 13.4. The number of urea groups is 5. The Morgan fingerprint density at radius 3 is 0.704 bits per heavy atom. The SMILES string of the molecule is Cc1ccc(CC2C(=O)N(Cc3ccccc3)C(=O)N(C3CCCCC3)C2=O)cc1.O=C1C(Cc2ccccc2)C(=O)N(C2CCCCC2)C(=O)N1C1CCCCC1.O=C1C(c2ccccc2)C(=O)N(C2CCCCC2)C(=O)N1C1CCCCC1.O=C1C(c2ccccc2)C(=O)N(C2CCCCC2)C(=O)N1CCc1ccccc1.O=C1C(c2ccccc2)C(=O)N(C2CCCCC2)C(=O)N1Cc1ccccc1. The first-order valence-electron chi connectivity index (χ1n) is 52.5. The van der Waals surface area contributed by atoms with E-state index >= 15 is 0 Å². The summed E-state index contributed by atoms with van der Waals surface area (Å²) in [5.41, 5.74) is 7.84. The molecule has 3 atom stereocenters. The molecule has 20 amide bonds. The molecule has 0 spiro atoms. The van der Waals surface area contributed by atoms with Crippen LogP contribution in [0.15, 0.2) is 237 Å². The molecule has 0 aromatic heterocycles. The van der Waals surface area contributed by atoms with Gasteiger partial charge < -0.3 is 0 Å². The van der Waals surface area contributed by atoms with Crippen LogP contribution in [0.4, 0.5) is 24.0 Å². The molecule has 142 heavy (non-hydrogen) atoms. The minimum atomic E-state index is -0.954. The number of amides is 20. The summed E-state index contributed by atoms with van der Waals surface area (Å²) >= 11 is 0. The van der Waals surface area contributed by atoms with Crippen molar-refractivity contribution in [2.45, 2.75) is 324 Å². The predicted molar refractivity (Wildman–Crippen MR) is 538 cm³/mol. The second kappa shape index (κ2) is 49.0. The van der Waals surface area contributed by atoms with Gasteiger partial charge in [-0.05, 0) is 161 Å². The molecule has 5 heterocycles. The molecular weight excluding hydrogens is 1790 g/mol. The Balaban J connectivity index is 0.000000128. The zero-order valence-corrected chi connectivity index (χ0v) is 82.0. The number of benzene rings is 8. The lowest BCUT2D eigenvalue weighted by Gasteiger charge is -2.45. The standard InChI is InChI=1S/C25H28N2O3.C24H26N2O3.C23H24N2O3.C23H30N2O3.C22H28N2O3/c1-18-12-14-19(15-13-18)16-22-23(28)26(17-20-8-4-2-5-9-20)25(30)27(24(22)29)21-10-6-3-7-11-21;27-22-21(19-12-6-2-7-13-19)23(28)26(20-14-8-3-9-15-20)24(29)25(22)17-16-18-10-4-1-5-11-18;26-21-20(18-12-6-2-7-13-18)22(27)25(19-14-8-3-9-15-19)23(28)24(21)16-17-10-4-1-5-11-17;26-21-20(16-17-10-4-1-5-11-17)22(27)25(19-14-8-3-9-15-19)23(28)24(21)18-12-6-2-7-13-18;25-20-19(16-10-4-1-5-11-16)21(26)24(18-14-8-3-9-15-18)22(27)23(20)17-12-6-2-7-13-17/h2,4-5,8-9,12-15,21-22H,3,6-7,10-11,16-17H2,1H3;1-2,4-7,10-13,20-21H,3,8-9,14-17H2;1-2,4-7,10-13,19-20H,3,8-9,14-16H2;1,4-5,10-11,18-20H,2-3,6-9,12-16H2;1,4-5,10-11,17-19H,2-3,6-9,12-15H2. The van der Waals surface area contributed by atoms with Gasteiger partial charge in [0, 0.05) is 48.8 Å². The number of carbonyl (C=O) groups is 15. The van der Waals surface area contributed by atoms with Gasteiger partial charge in [0.15, 0.2) is 0 Å². The minimum Gasteiger partial charge on any atom is -0.273 e. The first kappa shape index (κ1) is 102. The number of hydrogen-bond acceptors (Lipinski definition) is 15. The molecule has 20 rings (SSSR count). The van der Waals surface area contributed by atoms with Gasteiger partial charge >= 0.3 is 30.2 Å². The zero-order valence-electron chi connectivity index (χ0n) is 82.0. The maximum Gasteiger partial charge on any atom is 0.334 e. The van der Waals surface area contributed by atoms with Crippen LogP contribution in [0.3, 0.4) is 0 Å². The lowest BCUT2D eigenvalue weighted by Crippen LogP contribution is -2.65. The van der Waals surface area contributed by atoms with E-state index in [0.717, 1.165) is 258 Å². The molecule has 25 heteroatoms. The third kappa shape index (κ3) is 23.9. The smallest absolute Gasteiger partial charge is 0.273 e. The molecule has 7 aliphatic carbocycles. The third-order valence-corrected chi connectivity index (χ3v) is 30.9.